The van der Waals surface area contributed by atoms with Crippen molar-refractivity contribution in [2.75, 3.05) is 0 Å². The maximum absolute atomic E-state index is 13.2. The Morgan fingerprint density at radius 1 is 1.24 bits per heavy atom. The minimum atomic E-state index is -4.82. The van der Waals surface area contributed by atoms with Gasteiger partial charge in [-0.15, -0.1) is 0 Å². The molecule has 8 nitrogen and oxygen atoms in total. The first kappa shape index (κ1) is 20.7. The van der Waals surface area contributed by atoms with Crippen LogP contribution in [-0.4, -0.2) is 36.8 Å². The van der Waals surface area contributed by atoms with Crippen LogP contribution < -0.4 is 5.69 Å². The molecule has 1 aliphatic rings. The van der Waals surface area contributed by atoms with Gasteiger partial charge in [-0.1, -0.05) is 6.07 Å². The van der Waals surface area contributed by atoms with E-state index in [9.17, 15) is 35.9 Å². The van der Waals surface area contributed by atoms with E-state index in [-0.39, 0.29) is 24.4 Å². The van der Waals surface area contributed by atoms with Crippen molar-refractivity contribution in [1.29, 1.82) is 0 Å². The molecular weight excluding hydrogens is 414 g/mol. The molecule has 0 radical (unpaired) electrons. The minimum Gasteiger partial charge on any atom is -0.450 e. The van der Waals surface area contributed by atoms with E-state index in [0.29, 0.717) is 10.6 Å². The van der Waals surface area contributed by atoms with E-state index in [2.05, 4.69) is 14.8 Å². The van der Waals surface area contributed by atoms with Crippen molar-refractivity contribution in [2.45, 2.75) is 38.0 Å². The number of rotatable bonds is 3. The van der Waals surface area contributed by atoms with Crippen molar-refractivity contribution in [3.8, 4) is 0 Å². The van der Waals surface area contributed by atoms with Gasteiger partial charge in [0, 0.05) is 12.6 Å². The summed E-state index contributed by atoms with van der Waals surface area (Å²) >= 11 is 0. The van der Waals surface area contributed by atoms with Gasteiger partial charge in [-0.25, -0.2) is 18.8 Å². The van der Waals surface area contributed by atoms with E-state index in [1.165, 1.54) is 0 Å². The number of fused-ring (bicyclic) bond motifs is 1. The number of nitrogens with zero attached hydrogens (tertiary/aromatic N) is 4. The molecule has 2 aromatic heterocycles. The van der Waals surface area contributed by atoms with Gasteiger partial charge in [0.2, 0.25) is 0 Å². The molecule has 1 aliphatic heterocycles. The van der Waals surface area contributed by atoms with E-state index in [0.717, 1.165) is 16.9 Å². The molecule has 0 spiro atoms. The molecule has 158 valence electrons. The summed E-state index contributed by atoms with van der Waals surface area (Å²) in [6.07, 6.45) is -13.6. The molecule has 2 aromatic rings. The Bertz CT molecular complexity index is 963. The second kappa shape index (κ2) is 7.08. The summed E-state index contributed by atoms with van der Waals surface area (Å²) in [5.41, 5.74) is -2.10. The SMILES string of the molecule is O=C(O)OC1C(C(F)(F)F)CCc2nn(Cc3ccc(C(F)(F)F)nc3)c(=O)n21. The van der Waals surface area contributed by atoms with Gasteiger partial charge < -0.3 is 9.84 Å². The zero-order chi connectivity index (χ0) is 21.6. The van der Waals surface area contributed by atoms with Crippen molar-refractivity contribution in [1.82, 2.24) is 19.3 Å². The molecule has 3 rings (SSSR count). The average Bonchev–Trinajstić information content (AvgIpc) is 2.89. The minimum absolute atomic E-state index is 0.123. The molecule has 0 aliphatic carbocycles. The molecule has 2 unspecified atom stereocenters. The Hall–Kier alpha value is -3.06. The van der Waals surface area contributed by atoms with Gasteiger partial charge >= 0.3 is 24.2 Å². The summed E-state index contributed by atoms with van der Waals surface area (Å²) in [6.45, 7) is -0.375. The summed E-state index contributed by atoms with van der Waals surface area (Å²) in [6, 6.07) is 1.73. The monoisotopic (exact) mass is 426 g/mol. The van der Waals surface area contributed by atoms with E-state index < -0.39 is 48.5 Å². The molecule has 0 aromatic carbocycles. The molecular formula is C15H12F6N4O4. The molecule has 0 fully saturated rings. The molecule has 14 heteroatoms. The Balaban J connectivity index is 1.94. The molecule has 3 heterocycles. The third-order valence-corrected chi connectivity index (χ3v) is 4.31. The lowest BCUT2D eigenvalue weighted by Crippen LogP contribution is -2.43. The largest absolute Gasteiger partial charge is 0.507 e. The topological polar surface area (TPSA) is 99.2 Å². The van der Waals surface area contributed by atoms with Crippen LogP contribution in [0.2, 0.25) is 0 Å². The Kier molecular flexibility index (Phi) is 5.04. The van der Waals surface area contributed by atoms with Crippen LogP contribution in [0.3, 0.4) is 0 Å². The quantitative estimate of drug-likeness (QED) is 0.599. The fraction of sp³-hybridized carbons (Fsp3) is 0.467. The van der Waals surface area contributed by atoms with Crippen molar-refractivity contribution >= 4 is 6.16 Å². The van der Waals surface area contributed by atoms with Gasteiger partial charge in [0.25, 0.3) is 0 Å². The number of ether oxygens (including phenoxy) is 1. The molecule has 0 amide bonds. The number of hydrogen-bond acceptors (Lipinski definition) is 5. The lowest BCUT2D eigenvalue weighted by Gasteiger charge is -2.31. The molecule has 0 saturated heterocycles. The van der Waals surface area contributed by atoms with Crippen molar-refractivity contribution in [3.05, 3.63) is 45.9 Å². The highest BCUT2D eigenvalue weighted by atomic mass is 19.4. The Morgan fingerprint density at radius 3 is 2.45 bits per heavy atom. The normalized spacial score (nSPS) is 19.7. The number of carbonyl (C=O) groups is 1. The highest BCUT2D eigenvalue weighted by Crippen LogP contribution is 2.41. The number of aromatic nitrogens is 4. The number of halogens is 6. The first-order valence-corrected chi connectivity index (χ1v) is 8.04. The van der Waals surface area contributed by atoms with Gasteiger partial charge in [-0.2, -0.15) is 31.4 Å². The fourth-order valence-electron chi connectivity index (χ4n) is 3.02. The smallest absolute Gasteiger partial charge is 0.450 e. The number of alkyl halides is 6. The van der Waals surface area contributed by atoms with Gasteiger partial charge in [0.1, 0.15) is 17.4 Å². The molecule has 0 bridgehead atoms. The van der Waals surface area contributed by atoms with Gasteiger partial charge in [0.05, 0.1) is 6.54 Å². The van der Waals surface area contributed by atoms with E-state index >= 15 is 0 Å². The Labute approximate surface area is 157 Å². The summed E-state index contributed by atoms with van der Waals surface area (Å²) in [4.78, 5) is 26.6. The molecule has 0 saturated carbocycles. The maximum Gasteiger partial charge on any atom is 0.507 e. The van der Waals surface area contributed by atoms with Crippen LogP contribution in [0.1, 0.15) is 29.7 Å². The van der Waals surface area contributed by atoms with Crippen molar-refractivity contribution in [3.63, 3.8) is 0 Å². The first-order chi connectivity index (χ1) is 13.4. The predicted molar refractivity (Wildman–Crippen MR) is 80.8 cm³/mol. The van der Waals surface area contributed by atoms with Crippen LogP contribution in [0, 0.1) is 5.92 Å². The number of aryl methyl sites for hydroxylation is 1. The first-order valence-electron chi connectivity index (χ1n) is 8.04. The lowest BCUT2D eigenvalue weighted by molar-refractivity contribution is -0.220. The third kappa shape index (κ3) is 4.19. The highest BCUT2D eigenvalue weighted by Gasteiger charge is 2.51. The van der Waals surface area contributed by atoms with Crippen LogP contribution >= 0.6 is 0 Å². The standard InChI is InChI=1S/C15H12F6N4O4/c16-14(17,18)8-2-4-10-23-24(12(26)25(10)11(8)29-13(27)28)6-7-1-3-9(22-5-7)15(19,20)21/h1,3,5,8,11H,2,4,6H2,(H,27,28). The van der Waals surface area contributed by atoms with E-state index in [4.69, 9.17) is 5.11 Å². The van der Waals surface area contributed by atoms with Crippen molar-refractivity contribution in [2.24, 2.45) is 5.92 Å². The van der Waals surface area contributed by atoms with Crippen molar-refractivity contribution < 1.29 is 41.0 Å². The second-order valence-corrected chi connectivity index (χ2v) is 6.24. The van der Waals surface area contributed by atoms with Crippen LogP contribution in [0.4, 0.5) is 31.1 Å². The van der Waals surface area contributed by atoms with E-state index in [1.807, 2.05) is 0 Å². The van der Waals surface area contributed by atoms with Gasteiger partial charge in [0.15, 0.2) is 6.23 Å². The van der Waals surface area contributed by atoms with E-state index in [1.54, 1.807) is 0 Å². The highest BCUT2D eigenvalue weighted by molar-refractivity contribution is 5.57. The van der Waals surface area contributed by atoms with Gasteiger partial charge in [-0.05, 0) is 18.1 Å². The summed E-state index contributed by atoms with van der Waals surface area (Å²) < 4.78 is 82.9. The third-order valence-electron chi connectivity index (χ3n) is 4.31. The second-order valence-electron chi connectivity index (χ2n) is 6.24. The molecule has 29 heavy (non-hydrogen) atoms. The van der Waals surface area contributed by atoms with Crippen LogP contribution in [0.5, 0.6) is 0 Å². The number of carboxylic acid groups (broad SMARTS) is 1. The number of hydrogen-bond donors (Lipinski definition) is 1. The summed E-state index contributed by atoms with van der Waals surface area (Å²) in [5, 5.41) is 12.6. The Morgan fingerprint density at radius 2 is 1.93 bits per heavy atom. The molecule has 1 N–H and O–H groups in total. The summed E-state index contributed by atoms with van der Waals surface area (Å²) in [5.74, 6) is -2.36. The van der Waals surface area contributed by atoms with Crippen LogP contribution in [0.25, 0.3) is 0 Å². The summed E-state index contributed by atoms with van der Waals surface area (Å²) in [7, 11) is 0. The van der Waals surface area contributed by atoms with Crippen LogP contribution in [-0.2, 0) is 23.9 Å². The number of pyridine rings is 1. The van der Waals surface area contributed by atoms with Crippen LogP contribution in [0.15, 0.2) is 23.1 Å². The zero-order valence-electron chi connectivity index (χ0n) is 14.2. The fourth-order valence-corrected chi connectivity index (χ4v) is 3.02. The lowest BCUT2D eigenvalue weighted by atomic mass is 9.96. The molecule has 2 atom stereocenters. The maximum atomic E-state index is 13.2. The average molecular weight is 426 g/mol. The zero-order valence-corrected chi connectivity index (χ0v) is 14.2. The predicted octanol–water partition coefficient (Wildman–Crippen LogP) is 2.82. The van der Waals surface area contributed by atoms with Gasteiger partial charge in [-0.3, -0.25) is 4.98 Å².